The Balaban J connectivity index is 1.71. The molecule has 102 valence electrons. The van der Waals surface area contributed by atoms with E-state index in [1.165, 1.54) is 0 Å². The number of carbonyl (C=O) groups excluding carboxylic acids is 1. The molecule has 1 N–H and O–H groups in total. The topological polar surface area (TPSA) is 38.3 Å². The van der Waals surface area contributed by atoms with E-state index in [4.69, 9.17) is 4.74 Å². The number of nitrogens with one attached hydrogen (secondary N) is 1. The lowest BCUT2D eigenvalue weighted by molar-refractivity contribution is 0.0914. The van der Waals surface area contributed by atoms with Crippen molar-refractivity contribution in [1.29, 1.82) is 0 Å². The van der Waals surface area contributed by atoms with E-state index in [2.05, 4.69) is 21.2 Å². The molecule has 1 amide bonds. The summed E-state index contributed by atoms with van der Waals surface area (Å²) in [5.74, 6) is 0.837. The molecule has 0 saturated carbocycles. The van der Waals surface area contributed by atoms with E-state index in [1.54, 1.807) is 6.07 Å². The smallest absolute Gasteiger partial charge is 0.252 e. The predicted octanol–water partition coefficient (Wildman–Crippen LogP) is 3.18. The molecule has 1 atom stereocenters. The largest absolute Gasteiger partial charge is 0.491 e. The molecule has 0 fully saturated rings. The summed E-state index contributed by atoms with van der Waals surface area (Å²) in [6, 6.07) is 15.3. The van der Waals surface area contributed by atoms with Gasteiger partial charge in [-0.05, 0) is 46.1 Å². The van der Waals surface area contributed by atoms with Gasteiger partial charge in [-0.15, -0.1) is 0 Å². The van der Waals surface area contributed by atoms with Crippen molar-refractivity contribution in [2.24, 2.45) is 0 Å². The zero-order valence-corrected chi connectivity index (χ0v) is 12.4. The highest BCUT2D eigenvalue weighted by Crippen LogP contribution is 2.24. The standard InChI is InChI=1S/C16H14BrNO2/c17-14-7-3-2-6-13(14)16(19)18-12-9-11-5-1-4-8-15(11)20-10-12/h1-8,12H,9-10H2,(H,18,19)/t12-/m1/s1. The Labute approximate surface area is 126 Å². The fourth-order valence-corrected chi connectivity index (χ4v) is 2.79. The van der Waals surface area contributed by atoms with Crippen LogP contribution in [-0.2, 0) is 6.42 Å². The van der Waals surface area contributed by atoms with Crippen LogP contribution in [0, 0.1) is 0 Å². The average molecular weight is 332 g/mol. The number of fused-ring (bicyclic) bond motifs is 1. The Morgan fingerprint density at radius 3 is 2.75 bits per heavy atom. The van der Waals surface area contributed by atoms with Gasteiger partial charge in [0.05, 0.1) is 11.6 Å². The highest BCUT2D eigenvalue weighted by atomic mass is 79.9. The molecule has 1 aliphatic heterocycles. The van der Waals surface area contributed by atoms with E-state index in [1.807, 2.05) is 42.5 Å². The van der Waals surface area contributed by atoms with Gasteiger partial charge in [0.15, 0.2) is 0 Å². The second-order valence-corrected chi connectivity index (χ2v) is 5.63. The quantitative estimate of drug-likeness (QED) is 0.917. The van der Waals surface area contributed by atoms with Crippen LogP contribution in [0.15, 0.2) is 53.0 Å². The van der Waals surface area contributed by atoms with Crippen LogP contribution in [0.5, 0.6) is 5.75 Å². The van der Waals surface area contributed by atoms with Gasteiger partial charge in [0, 0.05) is 4.47 Å². The predicted molar refractivity (Wildman–Crippen MR) is 81.0 cm³/mol. The molecule has 3 nitrogen and oxygen atoms in total. The summed E-state index contributed by atoms with van der Waals surface area (Å²) in [5, 5.41) is 3.02. The van der Waals surface area contributed by atoms with Crippen molar-refractivity contribution in [3.63, 3.8) is 0 Å². The molecule has 0 aliphatic carbocycles. The van der Waals surface area contributed by atoms with Crippen molar-refractivity contribution in [1.82, 2.24) is 5.32 Å². The third-order valence-electron chi connectivity index (χ3n) is 3.33. The number of amides is 1. The summed E-state index contributed by atoms with van der Waals surface area (Å²) >= 11 is 3.40. The monoisotopic (exact) mass is 331 g/mol. The van der Waals surface area contributed by atoms with E-state index >= 15 is 0 Å². The van der Waals surface area contributed by atoms with Crippen LogP contribution in [0.2, 0.25) is 0 Å². The van der Waals surface area contributed by atoms with Crippen molar-refractivity contribution < 1.29 is 9.53 Å². The second kappa shape index (κ2) is 5.67. The number of hydrogen-bond donors (Lipinski definition) is 1. The first-order chi connectivity index (χ1) is 9.74. The van der Waals surface area contributed by atoms with Crippen LogP contribution in [0.25, 0.3) is 0 Å². The lowest BCUT2D eigenvalue weighted by Gasteiger charge is -2.26. The van der Waals surface area contributed by atoms with Gasteiger partial charge in [-0.1, -0.05) is 30.3 Å². The molecular formula is C16H14BrNO2. The molecule has 2 aromatic rings. The van der Waals surface area contributed by atoms with Gasteiger partial charge in [0.1, 0.15) is 12.4 Å². The molecule has 0 unspecified atom stereocenters. The molecule has 2 aromatic carbocycles. The maximum atomic E-state index is 12.2. The normalized spacial score (nSPS) is 16.9. The Bertz CT molecular complexity index is 642. The second-order valence-electron chi connectivity index (χ2n) is 4.77. The first kappa shape index (κ1) is 13.2. The molecule has 1 aliphatic rings. The average Bonchev–Trinajstić information content (AvgIpc) is 2.47. The molecular weight excluding hydrogens is 318 g/mol. The maximum absolute atomic E-state index is 12.2. The summed E-state index contributed by atoms with van der Waals surface area (Å²) < 4.78 is 6.48. The molecule has 3 rings (SSSR count). The van der Waals surface area contributed by atoms with E-state index in [9.17, 15) is 4.79 Å². The van der Waals surface area contributed by atoms with Crippen molar-refractivity contribution in [2.45, 2.75) is 12.5 Å². The fourth-order valence-electron chi connectivity index (χ4n) is 2.33. The Morgan fingerprint density at radius 2 is 1.90 bits per heavy atom. The van der Waals surface area contributed by atoms with E-state index in [0.29, 0.717) is 12.2 Å². The molecule has 0 radical (unpaired) electrons. The lowest BCUT2D eigenvalue weighted by atomic mass is 10.0. The first-order valence-electron chi connectivity index (χ1n) is 6.50. The Morgan fingerprint density at radius 1 is 1.15 bits per heavy atom. The van der Waals surface area contributed by atoms with Crippen molar-refractivity contribution >= 4 is 21.8 Å². The number of para-hydroxylation sites is 1. The Kier molecular flexibility index (Phi) is 3.74. The first-order valence-corrected chi connectivity index (χ1v) is 7.29. The van der Waals surface area contributed by atoms with Gasteiger partial charge in [0.25, 0.3) is 5.91 Å². The van der Waals surface area contributed by atoms with Crippen molar-refractivity contribution in [3.05, 3.63) is 64.1 Å². The van der Waals surface area contributed by atoms with Crippen LogP contribution in [0.1, 0.15) is 15.9 Å². The molecule has 1 heterocycles. The number of halogens is 1. The number of ether oxygens (including phenoxy) is 1. The third-order valence-corrected chi connectivity index (χ3v) is 4.02. The summed E-state index contributed by atoms with van der Waals surface area (Å²) in [7, 11) is 0. The van der Waals surface area contributed by atoms with Gasteiger partial charge in [-0.2, -0.15) is 0 Å². The number of carbonyl (C=O) groups is 1. The minimum Gasteiger partial charge on any atom is -0.491 e. The summed E-state index contributed by atoms with van der Waals surface area (Å²) in [6.07, 6.45) is 0.798. The van der Waals surface area contributed by atoms with Crippen LogP contribution < -0.4 is 10.1 Å². The SMILES string of the molecule is O=C(N[C@H]1COc2ccccc2C1)c1ccccc1Br. The zero-order chi connectivity index (χ0) is 13.9. The van der Waals surface area contributed by atoms with Crippen molar-refractivity contribution in [3.8, 4) is 5.75 Å². The maximum Gasteiger partial charge on any atom is 0.252 e. The van der Waals surface area contributed by atoms with E-state index < -0.39 is 0 Å². The van der Waals surface area contributed by atoms with Crippen LogP contribution in [-0.4, -0.2) is 18.6 Å². The molecule has 0 saturated heterocycles. The molecule has 0 spiro atoms. The molecule has 4 heteroatoms. The highest BCUT2D eigenvalue weighted by Gasteiger charge is 2.22. The van der Waals surface area contributed by atoms with Gasteiger partial charge >= 0.3 is 0 Å². The molecule has 20 heavy (non-hydrogen) atoms. The third kappa shape index (κ3) is 2.70. The van der Waals surface area contributed by atoms with Crippen LogP contribution >= 0.6 is 15.9 Å². The molecule has 0 aromatic heterocycles. The summed E-state index contributed by atoms with van der Waals surface area (Å²) in [4.78, 5) is 12.2. The zero-order valence-electron chi connectivity index (χ0n) is 10.8. The van der Waals surface area contributed by atoms with Gasteiger partial charge in [0.2, 0.25) is 0 Å². The van der Waals surface area contributed by atoms with E-state index in [-0.39, 0.29) is 11.9 Å². The lowest BCUT2D eigenvalue weighted by Crippen LogP contribution is -2.42. The van der Waals surface area contributed by atoms with E-state index in [0.717, 1.165) is 22.2 Å². The molecule has 0 bridgehead atoms. The summed E-state index contributed by atoms with van der Waals surface area (Å²) in [5.41, 5.74) is 1.78. The summed E-state index contributed by atoms with van der Waals surface area (Å²) in [6.45, 7) is 0.507. The number of benzene rings is 2. The minimum absolute atomic E-state index is 0.00417. The van der Waals surface area contributed by atoms with Gasteiger partial charge in [-0.3, -0.25) is 4.79 Å². The van der Waals surface area contributed by atoms with Crippen LogP contribution in [0.4, 0.5) is 0 Å². The fraction of sp³-hybridized carbons (Fsp3) is 0.188. The Hall–Kier alpha value is -1.81. The van der Waals surface area contributed by atoms with Gasteiger partial charge in [-0.25, -0.2) is 0 Å². The number of rotatable bonds is 2. The van der Waals surface area contributed by atoms with Crippen LogP contribution in [0.3, 0.4) is 0 Å². The number of hydrogen-bond acceptors (Lipinski definition) is 2. The van der Waals surface area contributed by atoms with Crippen molar-refractivity contribution in [2.75, 3.05) is 6.61 Å². The van der Waals surface area contributed by atoms with Gasteiger partial charge < -0.3 is 10.1 Å². The highest BCUT2D eigenvalue weighted by molar-refractivity contribution is 9.10. The minimum atomic E-state index is -0.0783.